The molecule has 5 nitrogen and oxygen atoms in total. The lowest BCUT2D eigenvalue weighted by atomic mass is 10.1. The van der Waals surface area contributed by atoms with Crippen molar-refractivity contribution < 1.29 is 23.7 Å². The van der Waals surface area contributed by atoms with Crippen LogP contribution in [0.5, 0.6) is 0 Å². The Labute approximate surface area is 89.6 Å². The van der Waals surface area contributed by atoms with Crippen LogP contribution in [-0.2, 0) is 23.7 Å². The molecule has 0 radical (unpaired) electrons. The molecule has 1 heterocycles. The molecule has 15 heavy (non-hydrogen) atoms. The number of carbonyl (C=O) groups is 1. The molecule has 0 aliphatic carbocycles. The predicted octanol–water partition coefficient (Wildman–Crippen LogP) is 1.06. The number of ether oxygens (including phenoxy) is 4. The Balaban J connectivity index is 2.50. The van der Waals surface area contributed by atoms with Crippen LogP contribution in [0.4, 0.5) is 0 Å². The highest BCUT2D eigenvalue weighted by molar-refractivity contribution is 5.66. The highest BCUT2D eigenvalue weighted by Crippen LogP contribution is 2.23. The molecule has 0 bridgehead atoms. The molecule has 0 aromatic heterocycles. The van der Waals surface area contributed by atoms with Gasteiger partial charge in [0.25, 0.3) is 0 Å². The van der Waals surface area contributed by atoms with E-state index in [4.69, 9.17) is 18.9 Å². The summed E-state index contributed by atoms with van der Waals surface area (Å²) in [4.78, 5) is 10.8. The van der Waals surface area contributed by atoms with Gasteiger partial charge >= 0.3 is 5.97 Å². The van der Waals surface area contributed by atoms with E-state index in [0.29, 0.717) is 19.4 Å². The Bertz CT molecular complexity index is 206. The Morgan fingerprint density at radius 2 is 2.20 bits per heavy atom. The van der Waals surface area contributed by atoms with Crippen molar-refractivity contribution in [3.05, 3.63) is 0 Å². The van der Waals surface area contributed by atoms with E-state index in [9.17, 15) is 4.79 Å². The first-order valence-electron chi connectivity index (χ1n) is 5.14. The minimum absolute atomic E-state index is 0.270. The van der Waals surface area contributed by atoms with Crippen LogP contribution in [0.25, 0.3) is 0 Å². The van der Waals surface area contributed by atoms with Crippen LogP contribution >= 0.6 is 0 Å². The van der Waals surface area contributed by atoms with Crippen LogP contribution in [0.15, 0.2) is 0 Å². The van der Waals surface area contributed by atoms with Crippen molar-refractivity contribution >= 4 is 5.97 Å². The van der Waals surface area contributed by atoms with Crippen molar-refractivity contribution in [1.82, 2.24) is 0 Å². The first-order chi connectivity index (χ1) is 7.17. The first kappa shape index (κ1) is 12.4. The average Bonchev–Trinajstić information content (AvgIpc) is 2.20. The molecule has 0 aromatic carbocycles. The van der Waals surface area contributed by atoms with Crippen molar-refractivity contribution in [1.29, 1.82) is 0 Å². The fourth-order valence-electron chi connectivity index (χ4n) is 1.55. The minimum Gasteiger partial charge on any atom is -0.457 e. The molecule has 1 saturated heterocycles. The number of rotatable bonds is 4. The third-order valence-corrected chi connectivity index (χ3v) is 2.19. The largest absolute Gasteiger partial charge is 0.457 e. The Hall–Kier alpha value is -0.650. The predicted molar refractivity (Wildman–Crippen MR) is 52.1 cm³/mol. The van der Waals surface area contributed by atoms with E-state index in [1.807, 2.05) is 6.92 Å². The molecule has 1 aliphatic rings. The molecule has 0 aromatic rings. The van der Waals surface area contributed by atoms with Gasteiger partial charge in [0.15, 0.2) is 18.7 Å². The second kappa shape index (κ2) is 6.05. The summed E-state index contributed by atoms with van der Waals surface area (Å²) in [5, 5.41) is 0. The van der Waals surface area contributed by atoms with E-state index in [-0.39, 0.29) is 18.4 Å². The summed E-state index contributed by atoms with van der Waals surface area (Å²) in [6, 6.07) is 0. The lowest BCUT2D eigenvalue weighted by molar-refractivity contribution is -0.293. The maximum atomic E-state index is 10.8. The summed E-state index contributed by atoms with van der Waals surface area (Å²) in [6.07, 6.45) is 0.292. The highest BCUT2D eigenvalue weighted by atomic mass is 16.8. The van der Waals surface area contributed by atoms with Crippen molar-refractivity contribution in [3.8, 4) is 0 Å². The third kappa shape index (κ3) is 3.77. The fourth-order valence-corrected chi connectivity index (χ4v) is 1.55. The summed E-state index contributed by atoms with van der Waals surface area (Å²) in [5.74, 6) is -0.316. The molecule has 0 spiro atoms. The van der Waals surface area contributed by atoms with E-state index in [0.717, 1.165) is 0 Å². The maximum Gasteiger partial charge on any atom is 0.303 e. The van der Waals surface area contributed by atoms with Crippen molar-refractivity contribution in [3.63, 3.8) is 0 Å². The Morgan fingerprint density at radius 3 is 2.73 bits per heavy atom. The zero-order valence-electron chi connectivity index (χ0n) is 9.39. The van der Waals surface area contributed by atoms with E-state index in [1.165, 1.54) is 6.92 Å². The molecule has 88 valence electrons. The third-order valence-electron chi connectivity index (χ3n) is 2.19. The van der Waals surface area contributed by atoms with Crippen molar-refractivity contribution in [2.45, 2.75) is 45.4 Å². The Morgan fingerprint density at radius 1 is 1.47 bits per heavy atom. The van der Waals surface area contributed by atoms with Gasteiger partial charge in [-0.3, -0.25) is 4.79 Å². The lowest BCUT2D eigenvalue weighted by Crippen LogP contribution is -2.43. The van der Waals surface area contributed by atoms with Crippen LogP contribution in [0.1, 0.15) is 26.7 Å². The van der Waals surface area contributed by atoms with Crippen LogP contribution in [-0.4, -0.2) is 38.4 Å². The van der Waals surface area contributed by atoms with Gasteiger partial charge in [-0.2, -0.15) is 0 Å². The quantitative estimate of drug-likeness (QED) is 0.660. The monoisotopic (exact) mass is 218 g/mol. The summed E-state index contributed by atoms with van der Waals surface area (Å²) in [5.41, 5.74) is 0. The zero-order chi connectivity index (χ0) is 11.3. The van der Waals surface area contributed by atoms with Gasteiger partial charge in [-0.15, -0.1) is 0 Å². The molecular formula is C10H18O5. The molecule has 0 amide bonds. The van der Waals surface area contributed by atoms with Crippen molar-refractivity contribution in [2.75, 3.05) is 13.7 Å². The van der Waals surface area contributed by atoms with E-state index in [1.54, 1.807) is 7.11 Å². The van der Waals surface area contributed by atoms with Gasteiger partial charge < -0.3 is 18.9 Å². The van der Waals surface area contributed by atoms with Gasteiger partial charge in [0.1, 0.15) is 0 Å². The normalized spacial score (nSPS) is 31.3. The van der Waals surface area contributed by atoms with E-state index < -0.39 is 6.29 Å². The van der Waals surface area contributed by atoms with Gasteiger partial charge in [0, 0.05) is 27.1 Å². The molecule has 1 aliphatic heterocycles. The van der Waals surface area contributed by atoms with Gasteiger partial charge in [-0.1, -0.05) is 0 Å². The second-order valence-corrected chi connectivity index (χ2v) is 3.35. The Kier molecular flexibility index (Phi) is 5.01. The van der Waals surface area contributed by atoms with E-state index in [2.05, 4.69) is 0 Å². The smallest absolute Gasteiger partial charge is 0.303 e. The minimum atomic E-state index is -0.516. The molecule has 0 N–H and O–H groups in total. The summed E-state index contributed by atoms with van der Waals surface area (Å²) in [6.45, 7) is 3.76. The van der Waals surface area contributed by atoms with Crippen LogP contribution < -0.4 is 0 Å². The number of hydrogen-bond donors (Lipinski definition) is 0. The van der Waals surface area contributed by atoms with Crippen LogP contribution in [0.2, 0.25) is 0 Å². The first-order valence-corrected chi connectivity index (χ1v) is 5.14. The van der Waals surface area contributed by atoms with Crippen LogP contribution in [0.3, 0.4) is 0 Å². The molecular weight excluding hydrogens is 200 g/mol. The SMILES string of the molecule is CCO[C@@H]1OC(OC)CC[C@H]1OC(C)=O. The van der Waals surface area contributed by atoms with Gasteiger partial charge in [0.2, 0.25) is 0 Å². The summed E-state index contributed by atoms with van der Waals surface area (Å²) in [7, 11) is 1.58. The molecule has 0 saturated carbocycles. The van der Waals surface area contributed by atoms with Crippen LogP contribution in [0, 0.1) is 0 Å². The second-order valence-electron chi connectivity index (χ2n) is 3.35. The molecule has 3 atom stereocenters. The molecule has 1 rings (SSSR count). The van der Waals surface area contributed by atoms with E-state index >= 15 is 0 Å². The average molecular weight is 218 g/mol. The number of methoxy groups -OCH3 is 1. The fraction of sp³-hybridized carbons (Fsp3) is 0.900. The number of carbonyl (C=O) groups excluding carboxylic acids is 1. The zero-order valence-corrected chi connectivity index (χ0v) is 9.39. The topological polar surface area (TPSA) is 54.0 Å². The standard InChI is InChI=1S/C10H18O5/c1-4-13-10-8(14-7(2)11)5-6-9(12-3)15-10/h8-10H,4-6H2,1-3H3/t8-,9?,10-/m1/s1. The van der Waals surface area contributed by atoms with Gasteiger partial charge in [-0.05, 0) is 13.3 Å². The lowest BCUT2D eigenvalue weighted by Gasteiger charge is -2.34. The molecule has 1 unspecified atom stereocenters. The summed E-state index contributed by atoms with van der Waals surface area (Å²) < 4.78 is 21.0. The number of esters is 1. The van der Waals surface area contributed by atoms with Gasteiger partial charge in [-0.25, -0.2) is 0 Å². The molecule has 5 heteroatoms. The van der Waals surface area contributed by atoms with Gasteiger partial charge in [0.05, 0.1) is 0 Å². The molecule has 1 fully saturated rings. The number of hydrogen-bond acceptors (Lipinski definition) is 5. The van der Waals surface area contributed by atoms with Crippen molar-refractivity contribution in [2.24, 2.45) is 0 Å². The summed E-state index contributed by atoms with van der Waals surface area (Å²) >= 11 is 0. The highest BCUT2D eigenvalue weighted by Gasteiger charge is 2.33. The maximum absolute atomic E-state index is 10.8.